The minimum atomic E-state index is -0.897. The lowest BCUT2D eigenvalue weighted by atomic mass is 10.1. The van der Waals surface area contributed by atoms with Gasteiger partial charge in [-0.25, -0.2) is 4.79 Å². The van der Waals surface area contributed by atoms with Crippen LogP contribution in [-0.4, -0.2) is 40.5 Å². The van der Waals surface area contributed by atoms with E-state index in [0.29, 0.717) is 25.3 Å². The Morgan fingerprint density at radius 3 is 2.62 bits per heavy atom. The van der Waals surface area contributed by atoms with Gasteiger partial charge in [-0.1, -0.05) is 0 Å². The molecule has 1 heterocycles. The maximum atomic E-state index is 11.9. The fraction of sp³-hybridized carbons (Fsp3) is 0.818. The van der Waals surface area contributed by atoms with E-state index in [4.69, 9.17) is 10.8 Å². The van der Waals surface area contributed by atoms with Crippen molar-refractivity contribution < 1.29 is 14.7 Å². The number of nitrogens with zero attached hydrogens (tertiary/aromatic N) is 1. The van der Waals surface area contributed by atoms with Gasteiger partial charge < -0.3 is 15.7 Å². The van der Waals surface area contributed by atoms with E-state index >= 15 is 0 Å². The Hall–Kier alpha value is -1.10. The summed E-state index contributed by atoms with van der Waals surface area (Å²) in [4.78, 5) is 24.3. The standard InChI is InChI=1S/C11H18N2O3/c12-8(7-3-4-7)6-10(14)13-5-1-2-9(13)11(15)16/h7-9H,1-6,12H2,(H,15,16). The highest BCUT2D eigenvalue weighted by Gasteiger charge is 2.36. The molecule has 1 saturated carbocycles. The van der Waals surface area contributed by atoms with Crippen LogP contribution in [0.5, 0.6) is 0 Å². The molecule has 0 spiro atoms. The Morgan fingerprint density at radius 1 is 1.38 bits per heavy atom. The summed E-state index contributed by atoms with van der Waals surface area (Å²) in [6.07, 6.45) is 3.86. The molecule has 5 heteroatoms. The van der Waals surface area contributed by atoms with E-state index in [1.807, 2.05) is 0 Å². The summed E-state index contributed by atoms with van der Waals surface area (Å²) in [5, 5.41) is 8.96. The lowest BCUT2D eigenvalue weighted by molar-refractivity contribution is -0.148. The van der Waals surface area contributed by atoms with Crippen LogP contribution in [0.4, 0.5) is 0 Å². The van der Waals surface area contributed by atoms with Gasteiger partial charge in [0.15, 0.2) is 0 Å². The monoisotopic (exact) mass is 226 g/mol. The van der Waals surface area contributed by atoms with Crippen molar-refractivity contribution in [3.8, 4) is 0 Å². The average Bonchev–Trinajstić information content (AvgIpc) is 2.94. The van der Waals surface area contributed by atoms with E-state index < -0.39 is 12.0 Å². The molecule has 0 bridgehead atoms. The molecule has 0 aromatic carbocycles. The van der Waals surface area contributed by atoms with E-state index in [0.717, 1.165) is 19.3 Å². The lowest BCUT2D eigenvalue weighted by Crippen LogP contribution is -2.43. The number of carboxylic acid groups (broad SMARTS) is 1. The SMILES string of the molecule is NC(CC(=O)N1CCCC1C(=O)O)C1CC1. The fourth-order valence-corrected chi connectivity index (χ4v) is 2.33. The summed E-state index contributed by atoms with van der Waals surface area (Å²) in [7, 11) is 0. The van der Waals surface area contributed by atoms with Crippen LogP contribution in [-0.2, 0) is 9.59 Å². The van der Waals surface area contributed by atoms with Crippen LogP contribution < -0.4 is 5.73 Å². The van der Waals surface area contributed by atoms with E-state index in [9.17, 15) is 9.59 Å². The van der Waals surface area contributed by atoms with Gasteiger partial charge in [0.25, 0.3) is 0 Å². The molecular formula is C11H18N2O3. The average molecular weight is 226 g/mol. The molecule has 2 rings (SSSR count). The molecule has 1 aliphatic heterocycles. The number of amides is 1. The van der Waals surface area contributed by atoms with Gasteiger partial charge in [-0.15, -0.1) is 0 Å². The summed E-state index contributed by atoms with van der Waals surface area (Å²) >= 11 is 0. The summed E-state index contributed by atoms with van der Waals surface area (Å²) in [6, 6.07) is -0.707. The molecule has 16 heavy (non-hydrogen) atoms. The van der Waals surface area contributed by atoms with Crippen LogP contribution in [0.2, 0.25) is 0 Å². The molecule has 5 nitrogen and oxygen atoms in total. The highest BCUT2D eigenvalue weighted by molar-refractivity contribution is 5.84. The Balaban J connectivity index is 1.90. The number of nitrogens with two attached hydrogens (primary N) is 1. The molecule has 1 amide bonds. The lowest BCUT2D eigenvalue weighted by Gasteiger charge is -2.23. The van der Waals surface area contributed by atoms with Gasteiger partial charge in [-0.3, -0.25) is 4.79 Å². The molecule has 1 aliphatic carbocycles. The van der Waals surface area contributed by atoms with Gasteiger partial charge in [0.1, 0.15) is 6.04 Å². The van der Waals surface area contributed by atoms with Crippen LogP contribution in [0.25, 0.3) is 0 Å². The van der Waals surface area contributed by atoms with Crippen molar-refractivity contribution in [1.29, 1.82) is 0 Å². The predicted octanol–water partition coefficient (Wildman–Crippen LogP) is 0.189. The van der Waals surface area contributed by atoms with E-state index in [2.05, 4.69) is 0 Å². The molecule has 0 aromatic heterocycles. The van der Waals surface area contributed by atoms with Crippen molar-refractivity contribution in [2.24, 2.45) is 11.7 Å². The normalized spacial score (nSPS) is 26.8. The molecule has 2 fully saturated rings. The van der Waals surface area contributed by atoms with E-state index in [-0.39, 0.29) is 11.9 Å². The number of hydrogen-bond donors (Lipinski definition) is 2. The third-order valence-corrected chi connectivity index (χ3v) is 3.50. The maximum Gasteiger partial charge on any atom is 0.326 e. The van der Waals surface area contributed by atoms with Crippen molar-refractivity contribution in [3.63, 3.8) is 0 Å². The molecule has 2 atom stereocenters. The minimum Gasteiger partial charge on any atom is -0.480 e. The first-order chi connectivity index (χ1) is 7.59. The molecule has 2 aliphatic rings. The molecule has 90 valence electrons. The van der Waals surface area contributed by atoms with Crippen LogP contribution in [0.15, 0.2) is 0 Å². The molecule has 3 N–H and O–H groups in total. The molecule has 0 aromatic rings. The zero-order valence-corrected chi connectivity index (χ0v) is 9.26. The zero-order valence-electron chi connectivity index (χ0n) is 9.26. The molecule has 1 saturated heterocycles. The quantitative estimate of drug-likeness (QED) is 0.716. The van der Waals surface area contributed by atoms with Gasteiger partial charge in [0.2, 0.25) is 5.91 Å². The Kier molecular flexibility index (Phi) is 3.14. The highest BCUT2D eigenvalue weighted by atomic mass is 16.4. The van der Waals surface area contributed by atoms with Crippen molar-refractivity contribution in [2.45, 2.75) is 44.2 Å². The van der Waals surface area contributed by atoms with Gasteiger partial charge in [-0.2, -0.15) is 0 Å². The highest BCUT2D eigenvalue weighted by Crippen LogP contribution is 2.33. The Labute approximate surface area is 94.6 Å². The Morgan fingerprint density at radius 2 is 2.06 bits per heavy atom. The molecular weight excluding hydrogens is 208 g/mol. The number of hydrogen-bond acceptors (Lipinski definition) is 3. The summed E-state index contributed by atoms with van der Waals surface area (Å²) in [6.45, 7) is 0.563. The van der Waals surface area contributed by atoms with Crippen LogP contribution in [0.1, 0.15) is 32.1 Å². The summed E-state index contributed by atoms with van der Waals surface area (Å²) in [5.74, 6) is -0.509. The van der Waals surface area contributed by atoms with Gasteiger partial charge in [0.05, 0.1) is 0 Å². The van der Waals surface area contributed by atoms with Crippen molar-refractivity contribution in [2.75, 3.05) is 6.54 Å². The maximum absolute atomic E-state index is 11.9. The van der Waals surface area contributed by atoms with Crippen molar-refractivity contribution >= 4 is 11.9 Å². The predicted molar refractivity (Wildman–Crippen MR) is 57.7 cm³/mol. The minimum absolute atomic E-state index is 0.0810. The number of carboxylic acids is 1. The van der Waals surface area contributed by atoms with Crippen molar-refractivity contribution in [1.82, 2.24) is 4.90 Å². The zero-order chi connectivity index (χ0) is 11.7. The smallest absolute Gasteiger partial charge is 0.326 e. The summed E-state index contributed by atoms with van der Waals surface area (Å²) < 4.78 is 0. The van der Waals surface area contributed by atoms with Crippen LogP contribution >= 0.6 is 0 Å². The topological polar surface area (TPSA) is 83.6 Å². The largest absolute Gasteiger partial charge is 0.480 e. The first-order valence-electron chi connectivity index (χ1n) is 5.87. The fourth-order valence-electron chi connectivity index (χ4n) is 2.33. The Bertz CT molecular complexity index is 302. The third kappa shape index (κ3) is 2.35. The van der Waals surface area contributed by atoms with Crippen LogP contribution in [0.3, 0.4) is 0 Å². The van der Waals surface area contributed by atoms with Crippen LogP contribution in [0, 0.1) is 5.92 Å². The van der Waals surface area contributed by atoms with Crippen molar-refractivity contribution in [3.05, 3.63) is 0 Å². The van der Waals surface area contributed by atoms with Gasteiger partial charge >= 0.3 is 5.97 Å². The van der Waals surface area contributed by atoms with Gasteiger partial charge in [-0.05, 0) is 31.6 Å². The molecule has 0 radical (unpaired) electrons. The number of likely N-dealkylation sites (tertiary alicyclic amines) is 1. The number of carbonyl (C=O) groups is 2. The number of carbonyl (C=O) groups excluding carboxylic acids is 1. The second kappa shape index (κ2) is 4.41. The first kappa shape index (κ1) is 11.4. The van der Waals surface area contributed by atoms with E-state index in [1.54, 1.807) is 0 Å². The second-order valence-electron chi connectivity index (χ2n) is 4.79. The third-order valence-electron chi connectivity index (χ3n) is 3.50. The van der Waals surface area contributed by atoms with Gasteiger partial charge in [0, 0.05) is 19.0 Å². The number of rotatable bonds is 4. The number of aliphatic carboxylic acids is 1. The molecule has 2 unspecified atom stereocenters. The first-order valence-corrected chi connectivity index (χ1v) is 5.87. The second-order valence-corrected chi connectivity index (χ2v) is 4.79. The van der Waals surface area contributed by atoms with E-state index in [1.165, 1.54) is 4.90 Å². The summed E-state index contributed by atoms with van der Waals surface area (Å²) in [5.41, 5.74) is 5.87.